The van der Waals surface area contributed by atoms with E-state index in [4.69, 9.17) is 29.2 Å². The molecular formula is C12H19N3O5. The van der Waals surface area contributed by atoms with Crippen molar-refractivity contribution in [1.29, 1.82) is 0 Å². The van der Waals surface area contributed by atoms with E-state index in [0.717, 1.165) is 0 Å². The van der Waals surface area contributed by atoms with Crippen LogP contribution in [0.15, 0.2) is 5.11 Å². The van der Waals surface area contributed by atoms with E-state index in [2.05, 4.69) is 10.0 Å². The normalized spacial score (nSPS) is 45.1. The smallest absolute Gasteiger partial charge is 0.188 e. The predicted octanol–water partition coefficient (Wildman–Crippen LogP) is 1.69. The minimum Gasteiger partial charge on any atom is -0.348 e. The summed E-state index contributed by atoms with van der Waals surface area (Å²) in [7, 11) is 0. The highest BCUT2D eigenvalue weighted by molar-refractivity contribution is 5.01. The second kappa shape index (κ2) is 4.56. The van der Waals surface area contributed by atoms with Gasteiger partial charge in [0, 0.05) is 4.91 Å². The summed E-state index contributed by atoms with van der Waals surface area (Å²) in [6.07, 6.45) is -1.70. The Morgan fingerprint density at radius 2 is 1.80 bits per heavy atom. The average Bonchev–Trinajstić information content (AvgIpc) is 2.91. The quantitative estimate of drug-likeness (QED) is 0.437. The summed E-state index contributed by atoms with van der Waals surface area (Å²) >= 11 is 0. The molecule has 0 radical (unpaired) electrons. The molecule has 0 aromatic carbocycles. The maximum absolute atomic E-state index is 8.77. The zero-order valence-corrected chi connectivity index (χ0v) is 12.0. The van der Waals surface area contributed by atoms with Gasteiger partial charge in [-0.15, -0.1) is 0 Å². The van der Waals surface area contributed by atoms with Crippen molar-refractivity contribution in [2.24, 2.45) is 5.11 Å². The minimum atomic E-state index is -0.740. The van der Waals surface area contributed by atoms with Crippen molar-refractivity contribution in [3.63, 3.8) is 0 Å². The van der Waals surface area contributed by atoms with Crippen LogP contribution in [0.4, 0.5) is 0 Å². The van der Waals surface area contributed by atoms with Gasteiger partial charge in [0.1, 0.15) is 18.3 Å². The molecule has 20 heavy (non-hydrogen) atoms. The van der Waals surface area contributed by atoms with Crippen molar-refractivity contribution >= 4 is 0 Å². The van der Waals surface area contributed by atoms with Crippen molar-refractivity contribution < 1.29 is 23.7 Å². The molecule has 3 aliphatic rings. The first-order chi connectivity index (χ1) is 9.31. The number of nitrogens with zero attached hydrogens (tertiary/aromatic N) is 3. The van der Waals surface area contributed by atoms with Gasteiger partial charge < -0.3 is 23.7 Å². The third-order valence-corrected chi connectivity index (χ3v) is 3.63. The fourth-order valence-electron chi connectivity index (χ4n) is 2.89. The Morgan fingerprint density at radius 3 is 2.40 bits per heavy atom. The molecule has 0 spiro atoms. The molecule has 0 aromatic rings. The lowest BCUT2D eigenvalue weighted by Crippen LogP contribution is -2.41. The Hall–Kier alpha value is -0.890. The Morgan fingerprint density at radius 1 is 1.05 bits per heavy atom. The van der Waals surface area contributed by atoms with Gasteiger partial charge in [0.25, 0.3) is 0 Å². The molecule has 3 fully saturated rings. The van der Waals surface area contributed by atoms with Crippen molar-refractivity contribution in [2.75, 3.05) is 6.61 Å². The lowest BCUT2D eigenvalue weighted by atomic mass is 10.0. The molecule has 8 nitrogen and oxygen atoms in total. The predicted molar refractivity (Wildman–Crippen MR) is 66.5 cm³/mol. The average molecular weight is 285 g/mol. The van der Waals surface area contributed by atoms with E-state index >= 15 is 0 Å². The number of ether oxygens (including phenoxy) is 5. The van der Waals surface area contributed by atoms with Crippen LogP contribution in [-0.4, -0.2) is 48.8 Å². The number of hydrogen-bond donors (Lipinski definition) is 0. The van der Waals surface area contributed by atoms with Crippen molar-refractivity contribution in [3.05, 3.63) is 10.4 Å². The van der Waals surface area contributed by atoms with E-state index in [-0.39, 0.29) is 6.10 Å². The lowest BCUT2D eigenvalue weighted by molar-refractivity contribution is -0.222. The van der Waals surface area contributed by atoms with Crippen molar-refractivity contribution in [2.45, 2.75) is 69.9 Å². The summed E-state index contributed by atoms with van der Waals surface area (Å²) in [5, 5.41) is 3.82. The highest BCUT2D eigenvalue weighted by Gasteiger charge is 2.57. The molecule has 0 saturated carbocycles. The molecule has 0 unspecified atom stereocenters. The largest absolute Gasteiger partial charge is 0.348 e. The van der Waals surface area contributed by atoms with Crippen LogP contribution in [0.25, 0.3) is 10.4 Å². The highest BCUT2D eigenvalue weighted by atomic mass is 16.8. The topological polar surface area (TPSA) is 94.9 Å². The van der Waals surface area contributed by atoms with E-state index in [1.165, 1.54) is 0 Å². The molecule has 0 aromatic heterocycles. The third-order valence-electron chi connectivity index (χ3n) is 3.63. The van der Waals surface area contributed by atoms with Crippen LogP contribution in [0, 0.1) is 0 Å². The molecule has 3 aliphatic heterocycles. The Balaban J connectivity index is 1.78. The van der Waals surface area contributed by atoms with Gasteiger partial charge in [-0.05, 0) is 33.2 Å². The fraction of sp³-hybridized carbons (Fsp3) is 1.00. The van der Waals surface area contributed by atoms with E-state index in [0.29, 0.717) is 6.61 Å². The third kappa shape index (κ3) is 2.39. The summed E-state index contributed by atoms with van der Waals surface area (Å²) in [6.45, 7) is 7.66. The maximum atomic E-state index is 8.77. The summed E-state index contributed by atoms with van der Waals surface area (Å²) in [4.78, 5) is 2.90. The van der Waals surface area contributed by atoms with Crippen LogP contribution >= 0.6 is 0 Å². The zero-order chi connectivity index (χ0) is 14.5. The van der Waals surface area contributed by atoms with Gasteiger partial charge in [-0.3, -0.25) is 0 Å². The monoisotopic (exact) mass is 285 g/mol. The van der Waals surface area contributed by atoms with Gasteiger partial charge in [0.15, 0.2) is 17.9 Å². The number of hydrogen-bond acceptors (Lipinski definition) is 6. The molecule has 3 heterocycles. The Bertz CT molecular complexity index is 448. The molecule has 3 rings (SSSR count). The van der Waals surface area contributed by atoms with E-state index in [1.54, 1.807) is 13.8 Å². The number of rotatable bonds is 2. The van der Waals surface area contributed by atoms with Gasteiger partial charge in [-0.2, -0.15) is 0 Å². The molecular weight excluding hydrogens is 266 g/mol. The molecule has 8 heteroatoms. The first kappa shape index (κ1) is 14.1. The molecule has 112 valence electrons. The van der Waals surface area contributed by atoms with E-state index < -0.39 is 36.1 Å². The Labute approximate surface area is 116 Å². The standard InChI is InChI=1S/C12H19N3O5/c1-11(2)16-5-6(18-11)8-7(14-15-13)9-10(17-8)20-12(3,4)19-9/h6-10H,5H2,1-4H3/t6-,7+,8-,9-,10-/m1/s1. The maximum Gasteiger partial charge on any atom is 0.188 e. The van der Waals surface area contributed by atoms with Crippen LogP contribution in [0.2, 0.25) is 0 Å². The summed E-state index contributed by atoms with van der Waals surface area (Å²) in [5.41, 5.74) is 8.77. The number of azide groups is 1. The van der Waals surface area contributed by atoms with Crippen LogP contribution in [0.1, 0.15) is 27.7 Å². The SMILES string of the molecule is CC1(C)O[C@H]2O[C@H]([C@H]3COC(C)(C)O3)[C@H](N=[N+]=[N-])[C@H]2O1. The molecule has 0 aliphatic carbocycles. The second-order valence-corrected chi connectivity index (χ2v) is 6.13. The van der Waals surface area contributed by atoms with Crippen molar-refractivity contribution in [3.8, 4) is 0 Å². The summed E-state index contributed by atoms with van der Waals surface area (Å²) in [6, 6.07) is -0.491. The van der Waals surface area contributed by atoms with Gasteiger partial charge in [-0.25, -0.2) is 0 Å². The van der Waals surface area contributed by atoms with Gasteiger partial charge >= 0.3 is 0 Å². The fourth-order valence-corrected chi connectivity index (χ4v) is 2.89. The van der Waals surface area contributed by atoms with Crippen LogP contribution in [0.3, 0.4) is 0 Å². The number of fused-ring (bicyclic) bond motifs is 1. The molecule has 0 bridgehead atoms. The van der Waals surface area contributed by atoms with Crippen LogP contribution in [0.5, 0.6) is 0 Å². The van der Waals surface area contributed by atoms with Gasteiger partial charge in [-0.1, -0.05) is 5.11 Å². The van der Waals surface area contributed by atoms with Gasteiger partial charge in [0.2, 0.25) is 0 Å². The van der Waals surface area contributed by atoms with E-state index in [9.17, 15) is 0 Å². The summed E-state index contributed by atoms with van der Waals surface area (Å²) < 4.78 is 28.6. The first-order valence-corrected chi connectivity index (χ1v) is 6.68. The molecule has 0 N–H and O–H groups in total. The van der Waals surface area contributed by atoms with Crippen LogP contribution in [-0.2, 0) is 23.7 Å². The van der Waals surface area contributed by atoms with E-state index in [1.807, 2.05) is 13.8 Å². The first-order valence-electron chi connectivity index (χ1n) is 6.68. The molecule has 0 amide bonds. The van der Waals surface area contributed by atoms with Crippen molar-refractivity contribution in [1.82, 2.24) is 0 Å². The Kier molecular flexibility index (Phi) is 3.20. The molecule has 3 saturated heterocycles. The highest BCUT2D eigenvalue weighted by Crippen LogP contribution is 2.41. The molecule has 5 atom stereocenters. The zero-order valence-electron chi connectivity index (χ0n) is 12.0. The second-order valence-electron chi connectivity index (χ2n) is 6.13. The lowest BCUT2D eigenvalue weighted by Gasteiger charge is -2.26. The van der Waals surface area contributed by atoms with Crippen LogP contribution < -0.4 is 0 Å². The van der Waals surface area contributed by atoms with Gasteiger partial charge in [0.05, 0.1) is 12.6 Å². The summed E-state index contributed by atoms with van der Waals surface area (Å²) in [5.74, 6) is -1.40. The minimum absolute atomic E-state index is 0.304.